The van der Waals surface area contributed by atoms with Gasteiger partial charge in [-0.25, -0.2) is 0 Å². The first-order valence-corrected chi connectivity index (χ1v) is 7.01. The van der Waals surface area contributed by atoms with Crippen molar-refractivity contribution in [2.24, 2.45) is 5.73 Å². The molecule has 1 saturated carbocycles. The molecule has 0 aromatic heterocycles. The lowest BCUT2D eigenvalue weighted by Gasteiger charge is -2.33. The second-order valence-corrected chi connectivity index (χ2v) is 6.63. The Kier molecular flexibility index (Phi) is 2.50. The highest BCUT2D eigenvalue weighted by molar-refractivity contribution is 5.44. The summed E-state index contributed by atoms with van der Waals surface area (Å²) in [7, 11) is 0. The van der Waals surface area contributed by atoms with E-state index in [1.54, 1.807) is 0 Å². The summed E-state index contributed by atoms with van der Waals surface area (Å²) in [6.45, 7) is 6.45. The highest BCUT2D eigenvalue weighted by Gasteiger charge is 2.47. The van der Waals surface area contributed by atoms with E-state index in [2.05, 4.69) is 39.0 Å². The molecule has 1 aliphatic carbocycles. The van der Waals surface area contributed by atoms with Gasteiger partial charge in [0.15, 0.2) is 0 Å². The van der Waals surface area contributed by atoms with E-state index in [4.69, 9.17) is 10.5 Å². The van der Waals surface area contributed by atoms with E-state index in [9.17, 15) is 0 Å². The summed E-state index contributed by atoms with van der Waals surface area (Å²) < 4.78 is 6.04. The zero-order chi connectivity index (χ0) is 13.0. The van der Waals surface area contributed by atoms with Gasteiger partial charge in [0.2, 0.25) is 0 Å². The van der Waals surface area contributed by atoms with Crippen LogP contribution in [-0.4, -0.2) is 11.6 Å². The highest BCUT2D eigenvalue weighted by atomic mass is 16.5. The van der Waals surface area contributed by atoms with Crippen LogP contribution in [0.5, 0.6) is 5.75 Å². The molecule has 0 bridgehead atoms. The van der Waals surface area contributed by atoms with Crippen LogP contribution in [0.1, 0.15) is 51.2 Å². The lowest BCUT2D eigenvalue weighted by atomic mass is 9.86. The van der Waals surface area contributed by atoms with Crippen LogP contribution in [0, 0.1) is 0 Å². The lowest BCUT2D eigenvalue weighted by molar-refractivity contribution is 0.0846. The fourth-order valence-corrected chi connectivity index (χ4v) is 3.11. The third kappa shape index (κ3) is 1.83. The van der Waals surface area contributed by atoms with Gasteiger partial charge < -0.3 is 10.5 Å². The van der Waals surface area contributed by atoms with Crippen LogP contribution in [0.2, 0.25) is 0 Å². The molecule has 0 spiro atoms. The van der Waals surface area contributed by atoms with Gasteiger partial charge in [-0.2, -0.15) is 0 Å². The summed E-state index contributed by atoms with van der Waals surface area (Å²) in [5, 5.41) is 0. The molecule has 1 fully saturated rings. The van der Waals surface area contributed by atoms with Crippen molar-refractivity contribution in [1.82, 2.24) is 0 Å². The predicted molar refractivity (Wildman–Crippen MR) is 74.0 cm³/mol. The molecule has 0 saturated heterocycles. The number of rotatable bonds is 2. The van der Waals surface area contributed by atoms with Crippen LogP contribution in [0.25, 0.3) is 0 Å². The summed E-state index contributed by atoms with van der Waals surface area (Å²) >= 11 is 0. The first kappa shape index (κ1) is 12.0. The number of benzene rings is 1. The molecular weight excluding hydrogens is 222 g/mol. The normalized spacial score (nSPS) is 24.9. The van der Waals surface area contributed by atoms with E-state index in [1.807, 2.05) is 0 Å². The molecule has 1 atom stereocenters. The lowest BCUT2D eigenvalue weighted by Crippen LogP contribution is -2.34. The molecule has 2 aliphatic rings. The first-order valence-electron chi connectivity index (χ1n) is 7.01. The average Bonchev–Trinajstić information content (AvgIpc) is 3.08. The number of fused-ring (bicyclic) bond motifs is 1. The van der Waals surface area contributed by atoms with Gasteiger partial charge in [-0.15, -0.1) is 0 Å². The van der Waals surface area contributed by atoms with Gasteiger partial charge in [0, 0.05) is 11.5 Å². The van der Waals surface area contributed by atoms with Gasteiger partial charge >= 0.3 is 0 Å². The van der Waals surface area contributed by atoms with E-state index in [-0.39, 0.29) is 17.1 Å². The molecule has 2 nitrogen and oxygen atoms in total. The van der Waals surface area contributed by atoms with Crippen LogP contribution < -0.4 is 10.5 Å². The zero-order valence-electron chi connectivity index (χ0n) is 11.6. The number of hydrogen-bond donors (Lipinski definition) is 1. The number of ether oxygens (including phenoxy) is 1. The van der Waals surface area contributed by atoms with Gasteiger partial charge in [-0.1, -0.05) is 12.1 Å². The molecule has 98 valence electrons. The monoisotopic (exact) mass is 245 g/mol. The van der Waals surface area contributed by atoms with Crippen LogP contribution in [0.15, 0.2) is 18.2 Å². The van der Waals surface area contributed by atoms with Crippen molar-refractivity contribution in [3.63, 3.8) is 0 Å². The Hall–Kier alpha value is -1.02. The molecule has 1 aromatic carbocycles. The van der Waals surface area contributed by atoms with Gasteiger partial charge in [-0.05, 0) is 63.6 Å². The van der Waals surface area contributed by atoms with E-state index >= 15 is 0 Å². The van der Waals surface area contributed by atoms with Gasteiger partial charge in [0.05, 0.1) is 0 Å². The van der Waals surface area contributed by atoms with Crippen molar-refractivity contribution in [3.8, 4) is 5.75 Å². The molecule has 1 aliphatic heterocycles. The molecule has 1 unspecified atom stereocenters. The van der Waals surface area contributed by atoms with Crippen LogP contribution in [-0.2, 0) is 11.8 Å². The smallest absolute Gasteiger partial charge is 0.123 e. The van der Waals surface area contributed by atoms with Crippen molar-refractivity contribution in [1.29, 1.82) is 0 Å². The predicted octanol–water partition coefficient (Wildman–Crippen LogP) is 3.17. The highest BCUT2D eigenvalue weighted by Crippen LogP contribution is 2.51. The Balaban J connectivity index is 1.94. The second-order valence-electron chi connectivity index (χ2n) is 6.63. The fourth-order valence-electron chi connectivity index (χ4n) is 3.11. The van der Waals surface area contributed by atoms with Crippen LogP contribution in [0.4, 0.5) is 0 Å². The molecule has 2 heteroatoms. The maximum atomic E-state index is 6.15. The minimum atomic E-state index is -0.0209. The SMILES string of the molecule is CC(N)C1(c2ccc3c(c2)CCC(C)(C)O3)CC1. The summed E-state index contributed by atoms with van der Waals surface area (Å²) in [4.78, 5) is 0. The van der Waals surface area contributed by atoms with Gasteiger partial charge in [0.1, 0.15) is 11.4 Å². The summed E-state index contributed by atoms with van der Waals surface area (Å²) in [6, 6.07) is 6.95. The molecule has 3 rings (SSSR count). The summed E-state index contributed by atoms with van der Waals surface area (Å²) in [6.07, 6.45) is 4.67. The Morgan fingerprint density at radius 2 is 1.94 bits per heavy atom. The van der Waals surface area contributed by atoms with Gasteiger partial charge in [-0.3, -0.25) is 0 Å². The molecule has 1 heterocycles. The van der Waals surface area contributed by atoms with Crippen molar-refractivity contribution in [3.05, 3.63) is 29.3 Å². The van der Waals surface area contributed by atoms with Gasteiger partial charge in [0.25, 0.3) is 0 Å². The Bertz CT molecular complexity index is 472. The quantitative estimate of drug-likeness (QED) is 0.868. The van der Waals surface area contributed by atoms with Crippen molar-refractivity contribution in [2.75, 3.05) is 0 Å². The number of aryl methyl sites for hydroxylation is 1. The second kappa shape index (κ2) is 3.74. The maximum absolute atomic E-state index is 6.15. The molecule has 2 N–H and O–H groups in total. The van der Waals surface area contributed by atoms with Crippen LogP contribution in [0.3, 0.4) is 0 Å². The Labute approximate surface area is 110 Å². The molecule has 0 radical (unpaired) electrons. The summed E-state index contributed by atoms with van der Waals surface area (Å²) in [5.74, 6) is 1.07. The minimum absolute atomic E-state index is 0.0209. The third-order valence-electron chi connectivity index (χ3n) is 4.68. The average molecular weight is 245 g/mol. The minimum Gasteiger partial charge on any atom is -0.488 e. The van der Waals surface area contributed by atoms with E-state index in [1.165, 1.54) is 24.0 Å². The topological polar surface area (TPSA) is 35.2 Å². The number of nitrogens with two attached hydrogens (primary N) is 1. The maximum Gasteiger partial charge on any atom is 0.123 e. The van der Waals surface area contributed by atoms with Crippen molar-refractivity contribution < 1.29 is 4.74 Å². The largest absolute Gasteiger partial charge is 0.488 e. The first-order chi connectivity index (χ1) is 8.43. The molecule has 0 amide bonds. The summed E-state index contributed by atoms with van der Waals surface area (Å²) in [5.41, 5.74) is 9.16. The molecule has 1 aromatic rings. The standard InChI is InChI=1S/C16H23NO/c1-11(17)16(8-9-16)13-4-5-14-12(10-13)6-7-15(2,3)18-14/h4-5,10-11H,6-9,17H2,1-3H3. The van der Waals surface area contributed by atoms with Crippen LogP contribution >= 0.6 is 0 Å². The third-order valence-corrected chi connectivity index (χ3v) is 4.68. The van der Waals surface area contributed by atoms with E-state index in [0.717, 1.165) is 18.6 Å². The Morgan fingerprint density at radius 3 is 2.56 bits per heavy atom. The Morgan fingerprint density at radius 1 is 1.22 bits per heavy atom. The number of hydrogen-bond acceptors (Lipinski definition) is 2. The van der Waals surface area contributed by atoms with Crippen molar-refractivity contribution >= 4 is 0 Å². The fraction of sp³-hybridized carbons (Fsp3) is 0.625. The van der Waals surface area contributed by atoms with E-state index < -0.39 is 0 Å². The molecular formula is C16H23NO. The molecule has 18 heavy (non-hydrogen) atoms. The zero-order valence-corrected chi connectivity index (χ0v) is 11.6. The van der Waals surface area contributed by atoms with E-state index in [0.29, 0.717) is 0 Å². The van der Waals surface area contributed by atoms with Crippen molar-refractivity contribution in [2.45, 2.75) is 63.5 Å².